The van der Waals surface area contributed by atoms with E-state index in [1.165, 1.54) is 12.4 Å². The van der Waals surface area contributed by atoms with E-state index in [0.717, 1.165) is 48.0 Å². The summed E-state index contributed by atoms with van der Waals surface area (Å²) < 4.78 is 40.9. The zero-order valence-electron chi connectivity index (χ0n) is 22.5. The summed E-state index contributed by atoms with van der Waals surface area (Å²) in [6.45, 7) is 5.91. The number of hydrogen-bond donors (Lipinski definition) is 1. The molecular formula is C29H31F2N7O2. The standard InChI is InChI=1S/C29H31F2N7O2/c1-18-28(27-23(31)10-20(30)11-25(27)36-29(18)38-5-3-4-21(38)16-39-2)35-24-12-26(37-6-8-40-9-7-37)34-15-22(24)19-13-32-17-33-14-19/h10-15,17,21H,3-9,16H2,1-2H3,(H,34,35,36)/t21-/m1/s1. The van der Waals surface area contributed by atoms with Crippen molar-refractivity contribution in [2.45, 2.75) is 25.8 Å². The molecule has 11 heteroatoms. The van der Waals surface area contributed by atoms with E-state index in [0.29, 0.717) is 50.1 Å². The van der Waals surface area contributed by atoms with Gasteiger partial charge in [-0.25, -0.2) is 28.7 Å². The molecule has 0 radical (unpaired) electrons. The van der Waals surface area contributed by atoms with Crippen molar-refractivity contribution in [1.82, 2.24) is 19.9 Å². The minimum atomic E-state index is -0.679. The van der Waals surface area contributed by atoms with E-state index >= 15 is 4.39 Å². The molecule has 208 valence electrons. The van der Waals surface area contributed by atoms with Crippen LogP contribution in [0, 0.1) is 18.6 Å². The number of ether oxygens (including phenoxy) is 2. The van der Waals surface area contributed by atoms with Gasteiger partial charge in [0.15, 0.2) is 0 Å². The molecule has 9 nitrogen and oxygen atoms in total. The Labute approximate surface area is 231 Å². The first-order valence-corrected chi connectivity index (χ1v) is 13.4. The minimum Gasteiger partial charge on any atom is -0.383 e. The summed E-state index contributed by atoms with van der Waals surface area (Å²) in [7, 11) is 1.68. The van der Waals surface area contributed by atoms with E-state index in [2.05, 4.69) is 25.1 Å². The molecule has 2 fully saturated rings. The van der Waals surface area contributed by atoms with Crippen LogP contribution in [0.5, 0.6) is 0 Å². The molecule has 0 saturated carbocycles. The van der Waals surface area contributed by atoms with Gasteiger partial charge < -0.3 is 24.6 Å². The Kier molecular flexibility index (Phi) is 7.40. The van der Waals surface area contributed by atoms with E-state index in [1.807, 2.05) is 13.0 Å². The van der Waals surface area contributed by atoms with Gasteiger partial charge in [-0.3, -0.25) is 0 Å². The molecule has 2 aliphatic heterocycles. The summed E-state index contributed by atoms with van der Waals surface area (Å²) >= 11 is 0. The van der Waals surface area contributed by atoms with Crippen molar-refractivity contribution in [3.8, 4) is 11.1 Å². The van der Waals surface area contributed by atoms with Crippen LogP contribution >= 0.6 is 0 Å². The van der Waals surface area contributed by atoms with Crippen LogP contribution in [0.1, 0.15) is 18.4 Å². The Morgan fingerprint density at radius 2 is 1.88 bits per heavy atom. The number of fused-ring (bicyclic) bond motifs is 1. The molecule has 1 atom stereocenters. The van der Waals surface area contributed by atoms with Gasteiger partial charge in [0.05, 0.1) is 48.1 Å². The summed E-state index contributed by atoms with van der Waals surface area (Å²) in [4.78, 5) is 22.2. The van der Waals surface area contributed by atoms with Crippen molar-refractivity contribution < 1.29 is 18.3 Å². The van der Waals surface area contributed by atoms with Gasteiger partial charge in [0, 0.05) is 80.2 Å². The molecule has 0 aliphatic carbocycles. The van der Waals surface area contributed by atoms with Gasteiger partial charge in [0.1, 0.15) is 29.6 Å². The first-order chi connectivity index (χ1) is 19.5. The van der Waals surface area contributed by atoms with Crippen LogP contribution in [-0.2, 0) is 9.47 Å². The van der Waals surface area contributed by atoms with Crippen LogP contribution in [0.2, 0.25) is 0 Å². The third-order valence-corrected chi connectivity index (χ3v) is 7.59. The number of anilines is 4. The predicted octanol–water partition coefficient (Wildman–Crippen LogP) is 4.87. The van der Waals surface area contributed by atoms with Crippen LogP contribution in [-0.4, -0.2) is 72.5 Å². The lowest BCUT2D eigenvalue weighted by molar-refractivity contribution is 0.122. The Hall–Kier alpha value is -3.96. The quantitative estimate of drug-likeness (QED) is 0.348. The monoisotopic (exact) mass is 547 g/mol. The maximum absolute atomic E-state index is 15.5. The molecule has 2 aliphatic rings. The van der Waals surface area contributed by atoms with Crippen molar-refractivity contribution >= 4 is 33.9 Å². The molecule has 2 saturated heterocycles. The zero-order chi connectivity index (χ0) is 27.6. The highest BCUT2D eigenvalue weighted by atomic mass is 19.1. The van der Waals surface area contributed by atoms with Gasteiger partial charge in [0.2, 0.25) is 0 Å². The van der Waals surface area contributed by atoms with Gasteiger partial charge in [0.25, 0.3) is 0 Å². The number of hydrogen-bond acceptors (Lipinski definition) is 9. The number of morpholine rings is 1. The second-order valence-corrected chi connectivity index (χ2v) is 10.1. The molecule has 1 N–H and O–H groups in total. The molecule has 4 aromatic rings. The van der Waals surface area contributed by atoms with Crippen LogP contribution in [0.25, 0.3) is 22.0 Å². The van der Waals surface area contributed by atoms with Gasteiger partial charge in [-0.15, -0.1) is 0 Å². The number of benzene rings is 1. The van der Waals surface area contributed by atoms with E-state index < -0.39 is 11.6 Å². The van der Waals surface area contributed by atoms with Crippen molar-refractivity contribution in [2.75, 3.05) is 61.7 Å². The van der Waals surface area contributed by atoms with Crippen LogP contribution in [0.4, 0.5) is 31.8 Å². The summed E-state index contributed by atoms with van der Waals surface area (Å²) in [6.07, 6.45) is 8.60. The van der Waals surface area contributed by atoms with Crippen LogP contribution < -0.4 is 15.1 Å². The lowest BCUT2D eigenvalue weighted by Crippen LogP contribution is -2.36. The fraction of sp³-hybridized carbons (Fsp3) is 0.379. The number of halogens is 2. The van der Waals surface area contributed by atoms with E-state index in [1.54, 1.807) is 25.7 Å². The topological polar surface area (TPSA) is 88.5 Å². The second-order valence-electron chi connectivity index (χ2n) is 10.1. The van der Waals surface area contributed by atoms with Gasteiger partial charge in [-0.2, -0.15) is 0 Å². The molecule has 0 unspecified atom stereocenters. The number of aromatic nitrogens is 4. The molecule has 0 amide bonds. The molecule has 0 bridgehead atoms. The molecule has 6 rings (SSSR count). The van der Waals surface area contributed by atoms with Crippen LogP contribution in [0.3, 0.4) is 0 Å². The summed E-state index contributed by atoms with van der Waals surface area (Å²) in [5.74, 6) is 0.107. The number of rotatable bonds is 7. The van der Waals surface area contributed by atoms with Crippen molar-refractivity contribution in [2.24, 2.45) is 0 Å². The van der Waals surface area contributed by atoms with E-state index in [9.17, 15) is 4.39 Å². The zero-order valence-corrected chi connectivity index (χ0v) is 22.5. The number of nitrogens with one attached hydrogen (secondary N) is 1. The smallest absolute Gasteiger partial charge is 0.137 e. The largest absolute Gasteiger partial charge is 0.383 e. The van der Waals surface area contributed by atoms with Crippen molar-refractivity contribution in [1.29, 1.82) is 0 Å². The summed E-state index contributed by atoms with van der Waals surface area (Å²) in [5, 5.41) is 3.75. The van der Waals surface area contributed by atoms with Gasteiger partial charge in [-0.05, 0) is 19.8 Å². The molecular weight excluding hydrogens is 516 g/mol. The Bertz CT molecular complexity index is 1520. The van der Waals surface area contributed by atoms with Crippen molar-refractivity contribution in [3.63, 3.8) is 0 Å². The lowest BCUT2D eigenvalue weighted by Gasteiger charge is -2.30. The average molecular weight is 548 g/mol. The Balaban J connectivity index is 1.52. The van der Waals surface area contributed by atoms with Gasteiger partial charge >= 0.3 is 0 Å². The van der Waals surface area contributed by atoms with Crippen LogP contribution in [0.15, 0.2) is 43.1 Å². The highest BCUT2D eigenvalue weighted by Crippen LogP contribution is 2.41. The number of pyridine rings is 2. The Morgan fingerprint density at radius 3 is 2.65 bits per heavy atom. The number of nitrogens with zero attached hydrogens (tertiary/aromatic N) is 6. The predicted molar refractivity (Wildman–Crippen MR) is 150 cm³/mol. The minimum absolute atomic E-state index is 0.130. The van der Waals surface area contributed by atoms with Gasteiger partial charge in [-0.1, -0.05) is 0 Å². The third-order valence-electron chi connectivity index (χ3n) is 7.59. The fourth-order valence-corrected chi connectivity index (χ4v) is 5.63. The molecule has 5 heterocycles. The molecule has 1 aromatic carbocycles. The maximum Gasteiger partial charge on any atom is 0.137 e. The van der Waals surface area contributed by atoms with Crippen molar-refractivity contribution in [3.05, 3.63) is 60.3 Å². The highest BCUT2D eigenvalue weighted by molar-refractivity contribution is 5.99. The molecule has 0 spiro atoms. The second kappa shape index (κ2) is 11.3. The highest BCUT2D eigenvalue weighted by Gasteiger charge is 2.29. The fourth-order valence-electron chi connectivity index (χ4n) is 5.63. The number of methoxy groups -OCH3 is 1. The van der Waals surface area contributed by atoms with E-state index in [-0.39, 0.29) is 16.9 Å². The van der Waals surface area contributed by atoms with E-state index in [4.69, 9.17) is 19.4 Å². The summed E-state index contributed by atoms with van der Waals surface area (Å²) in [6, 6.07) is 4.26. The summed E-state index contributed by atoms with van der Waals surface area (Å²) in [5.41, 5.74) is 3.75. The normalized spacial score (nSPS) is 17.6. The third kappa shape index (κ3) is 5.02. The Morgan fingerprint density at radius 1 is 1.07 bits per heavy atom. The SMILES string of the molecule is COC[C@H]1CCCN1c1nc2cc(F)cc(F)c2c(Nc2cc(N3CCOCC3)ncc2-c2cncnc2)c1C. The molecule has 40 heavy (non-hydrogen) atoms. The maximum atomic E-state index is 15.5. The first-order valence-electron chi connectivity index (χ1n) is 13.4. The lowest BCUT2D eigenvalue weighted by atomic mass is 10.0. The molecule has 3 aromatic heterocycles. The first kappa shape index (κ1) is 26.3. The average Bonchev–Trinajstić information content (AvgIpc) is 3.43.